The number of hydrogen-bond donors (Lipinski definition) is 1. The van der Waals surface area contributed by atoms with Crippen LogP contribution in [0.1, 0.15) is 5.56 Å². The lowest BCUT2D eigenvalue weighted by Crippen LogP contribution is -2.46. The molecule has 2 aromatic rings. The topological polar surface area (TPSA) is 68.8 Å². The predicted molar refractivity (Wildman–Crippen MR) is 104 cm³/mol. The minimum Gasteiger partial charge on any atom is -0.354 e. The maximum atomic E-state index is 11.8. The Balaban J connectivity index is 1.55. The molecule has 8 heteroatoms. The Morgan fingerprint density at radius 1 is 1.04 bits per heavy atom. The normalized spacial score (nSPS) is 16.0. The second kappa shape index (κ2) is 8.03. The van der Waals surface area contributed by atoms with Gasteiger partial charge in [0.15, 0.2) is 0 Å². The van der Waals surface area contributed by atoms with Crippen LogP contribution in [0.15, 0.2) is 48.7 Å². The van der Waals surface area contributed by atoms with Crippen molar-refractivity contribution in [1.29, 1.82) is 0 Å². The third-order valence-electron chi connectivity index (χ3n) is 4.42. The Morgan fingerprint density at radius 2 is 1.73 bits per heavy atom. The molecular formula is C18H25N5O2S. The summed E-state index contributed by atoms with van der Waals surface area (Å²) in [6.07, 6.45) is 1.56. The summed E-state index contributed by atoms with van der Waals surface area (Å²) in [5.74, 6) is 0.872. The zero-order chi connectivity index (χ0) is 18.6. The standard InChI is InChI=1S/C18H25N5O2S/c1-21(2)26(24,25)20-17-8-9-18(19-14-17)23-12-10-22(11-13-23)15-16-6-4-3-5-7-16/h3-9,14,20H,10-13,15H2,1-2H3. The fourth-order valence-electron chi connectivity index (χ4n) is 2.85. The number of nitrogens with zero attached hydrogens (tertiary/aromatic N) is 4. The molecule has 1 aliphatic heterocycles. The molecule has 0 saturated carbocycles. The summed E-state index contributed by atoms with van der Waals surface area (Å²) in [4.78, 5) is 9.08. The number of aromatic nitrogens is 1. The van der Waals surface area contributed by atoms with Crippen LogP contribution >= 0.6 is 0 Å². The van der Waals surface area contributed by atoms with Crippen LogP contribution in [0.25, 0.3) is 0 Å². The summed E-state index contributed by atoms with van der Waals surface area (Å²) in [5.41, 5.74) is 1.79. The molecule has 26 heavy (non-hydrogen) atoms. The highest BCUT2D eigenvalue weighted by Gasteiger charge is 2.18. The molecule has 140 valence electrons. The Morgan fingerprint density at radius 3 is 2.31 bits per heavy atom. The molecule has 7 nitrogen and oxygen atoms in total. The molecule has 1 aliphatic rings. The van der Waals surface area contributed by atoms with E-state index in [9.17, 15) is 8.42 Å². The van der Waals surface area contributed by atoms with Gasteiger partial charge in [-0.3, -0.25) is 9.62 Å². The number of hydrogen-bond acceptors (Lipinski definition) is 5. The van der Waals surface area contributed by atoms with Crippen molar-refractivity contribution in [2.75, 3.05) is 49.9 Å². The van der Waals surface area contributed by atoms with Gasteiger partial charge in [0, 0.05) is 46.8 Å². The van der Waals surface area contributed by atoms with E-state index in [0.717, 1.165) is 42.8 Å². The average Bonchev–Trinajstić information content (AvgIpc) is 2.63. The highest BCUT2D eigenvalue weighted by molar-refractivity contribution is 7.90. The molecule has 0 bridgehead atoms. The first-order valence-electron chi connectivity index (χ1n) is 8.61. The Hall–Kier alpha value is -2.16. The molecule has 0 amide bonds. The summed E-state index contributed by atoms with van der Waals surface area (Å²) < 4.78 is 27.3. The van der Waals surface area contributed by atoms with Gasteiger partial charge in [0.1, 0.15) is 5.82 Å². The maximum Gasteiger partial charge on any atom is 0.301 e. The maximum absolute atomic E-state index is 11.8. The smallest absolute Gasteiger partial charge is 0.301 e. The molecule has 0 atom stereocenters. The third kappa shape index (κ3) is 4.72. The first-order valence-corrected chi connectivity index (χ1v) is 10.1. The number of benzene rings is 1. The van der Waals surface area contributed by atoms with Gasteiger partial charge in [-0.05, 0) is 17.7 Å². The van der Waals surface area contributed by atoms with E-state index in [0.29, 0.717) is 5.69 Å². The molecule has 0 radical (unpaired) electrons. The number of nitrogens with one attached hydrogen (secondary N) is 1. The molecule has 0 unspecified atom stereocenters. The van der Waals surface area contributed by atoms with Gasteiger partial charge in [0.05, 0.1) is 11.9 Å². The molecule has 1 aromatic heterocycles. The SMILES string of the molecule is CN(C)S(=O)(=O)Nc1ccc(N2CCN(Cc3ccccc3)CC2)nc1. The lowest BCUT2D eigenvalue weighted by atomic mass is 10.2. The number of pyridine rings is 1. The largest absolute Gasteiger partial charge is 0.354 e. The fraction of sp³-hybridized carbons (Fsp3) is 0.389. The van der Waals surface area contributed by atoms with Crippen molar-refractivity contribution in [3.8, 4) is 0 Å². The van der Waals surface area contributed by atoms with Crippen molar-refractivity contribution < 1.29 is 8.42 Å². The highest BCUT2D eigenvalue weighted by atomic mass is 32.2. The number of piperazine rings is 1. The lowest BCUT2D eigenvalue weighted by Gasteiger charge is -2.35. The van der Waals surface area contributed by atoms with Gasteiger partial charge in [0.2, 0.25) is 0 Å². The van der Waals surface area contributed by atoms with E-state index >= 15 is 0 Å². The van der Waals surface area contributed by atoms with Gasteiger partial charge in [-0.1, -0.05) is 30.3 Å². The minimum absolute atomic E-state index is 0.463. The summed E-state index contributed by atoms with van der Waals surface area (Å²) >= 11 is 0. The average molecular weight is 375 g/mol. The lowest BCUT2D eigenvalue weighted by molar-refractivity contribution is 0.249. The Bertz CT molecular complexity index is 801. The summed E-state index contributed by atoms with van der Waals surface area (Å²) in [5, 5.41) is 0. The Labute approximate surface area is 155 Å². The van der Waals surface area contributed by atoms with E-state index in [-0.39, 0.29) is 0 Å². The van der Waals surface area contributed by atoms with E-state index in [1.807, 2.05) is 12.1 Å². The Kier molecular flexibility index (Phi) is 5.75. The number of rotatable bonds is 6. The van der Waals surface area contributed by atoms with E-state index in [1.165, 1.54) is 19.7 Å². The van der Waals surface area contributed by atoms with Crippen LogP contribution in [0, 0.1) is 0 Å². The van der Waals surface area contributed by atoms with Crippen molar-refractivity contribution >= 4 is 21.7 Å². The summed E-state index contributed by atoms with van der Waals surface area (Å²) in [7, 11) is -0.533. The van der Waals surface area contributed by atoms with E-state index in [4.69, 9.17) is 0 Å². The monoisotopic (exact) mass is 375 g/mol. The zero-order valence-electron chi connectivity index (χ0n) is 15.2. The van der Waals surface area contributed by atoms with Gasteiger partial charge < -0.3 is 4.90 Å². The van der Waals surface area contributed by atoms with Gasteiger partial charge >= 0.3 is 10.2 Å². The molecule has 1 saturated heterocycles. The molecule has 1 aromatic carbocycles. The third-order valence-corrected chi connectivity index (χ3v) is 5.88. The molecule has 0 aliphatic carbocycles. The van der Waals surface area contributed by atoms with Crippen molar-refractivity contribution in [2.24, 2.45) is 0 Å². The van der Waals surface area contributed by atoms with Crippen LogP contribution in [0.2, 0.25) is 0 Å². The van der Waals surface area contributed by atoms with Crippen molar-refractivity contribution in [1.82, 2.24) is 14.2 Å². The molecule has 3 rings (SSSR count). The van der Waals surface area contributed by atoms with Crippen LogP contribution in [-0.2, 0) is 16.8 Å². The van der Waals surface area contributed by atoms with Crippen molar-refractivity contribution in [3.05, 3.63) is 54.2 Å². The van der Waals surface area contributed by atoms with Crippen molar-refractivity contribution in [3.63, 3.8) is 0 Å². The van der Waals surface area contributed by atoms with Crippen molar-refractivity contribution in [2.45, 2.75) is 6.54 Å². The van der Waals surface area contributed by atoms with Crippen LogP contribution in [0.5, 0.6) is 0 Å². The fourth-order valence-corrected chi connectivity index (χ4v) is 3.45. The number of anilines is 2. The molecular weight excluding hydrogens is 350 g/mol. The first-order chi connectivity index (χ1) is 12.4. The second-order valence-corrected chi connectivity index (χ2v) is 8.43. The van der Waals surface area contributed by atoms with Crippen LogP contribution in [-0.4, -0.2) is 62.9 Å². The zero-order valence-corrected chi connectivity index (χ0v) is 16.0. The predicted octanol–water partition coefficient (Wildman–Crippen LogP) is 1.62. The second-order valence-electron chi connectivity index (χ2n) is 6.54. The van der Waals surface area contributed by atoms with Gasteiger partial charge in [-0.2, -0.15) is 12.7 Å². The molecule has 2 heterocycles. The first kappa shape index (κ1) is 18.6. The van der Waals surface area contributed by atoms with Crippen LogP contribution < -0.4 is 9.62 Å². The van der Waals surface area contributed by atoms with E-state index in [1.54, 1.807) is 12.3 Å². The molecule has 1 fully saturated rings. The summed E-state index contributed by atoms with van der Waals surface area (Å²) in [6.45, 7) is 4.73. The minimum atomic E-state index is -3.50. The molecule has 0 spiro atoms. The highest BCUT2D eigenvalue weighted by Crippen LogP contribution is 2.18. The van der Waals surface area contributed by atoms with E-state index < -0.39 is 10.2 Å². The van der Waals surface area contributed by atoms with Gasteiger partial charge in [-0.15, -0.1) is 0 Å². The van der Waals surface area contributed by atoms with Crippen LogP contribution in [0.4, 0.5) is 11.5 Å². The quantitative estimate of drug-likeness (QED) is 0.831. The van der Waals surface area contributed by atoms with E-state index in [2.05, 4.69) is 43.8 Å². The van der Waals surface area contributed by atoms with Gasteiger partial charge in [-0.25, -0.2) is 4.98 Å². The summed E-state index contributed by atoms with van der Waals surface area (Å²) in [6, 6.07) is 14.1. The van der Waals surface area contributed by atoms with Gasteiger partial charge in [0.25, 0.3) is 0 Å². The molecule has 1 N–H and O–H groups in total. The van der Waals surface area contributed by atoms with Crippen LogP contribution in [0.3, 0.4) is 0 Å².